The highest BCUT2D eigenvalue weighted by Gasteiger charge is 2.32. The maximum atomic E-state index is 13.3. The van der Waals surface area contributed by atoms with E-state index in [4.69, 9.17) is 4.98 Å². The maximum absolute atomic E-state index is 13.3. The smallest absolute Gasteiger partial charge is 0.254 e. The number of benzene rings is 2. The zero-order chi connectivity index (χ0) is 18.5. The summed E-state index contributed by atoms with van der Waals surface area (Å²) in [5.74, 6) is 0.968. The second-order valence-electron chi connectivity index (χ2n) is 7.43. The van der Waals surface area contributed by atoms with Crippen LogP contribution in [0.3, 0.4) is 0 Å². The summed E-state index contributed by atoms with van der Waals surface area (Å²) < 4.78 is 0. The minimum atomic E-state index is 0.00894. The Bertz CT molecular complexity index is 1140. The van der Waals surface area contributed by atoms with Gasteiger partial charge in [0.2, 0.25) is 0 Å². The van der Waals surface area contributed by atoms with Crippen LogP contribution in [0.1, 0.15) is 46.3 Å². The number of amides is 1. The summed E-state index contributed by atoms with van der Waals surface area (Å²) in [6.45, 7) is 4.92. The van der Waals surface area contributed by atoms with Crippen molar-refractivity contribution < 1.29 is 4.79 Å². The molecule has 1 fully saturated rings. The van der Waals surface area contributed by atoms with Crippen LogP contribution in [0.2, 0.25) is 0 Å². The second-order valence-corrected chi connectivity index (χ2v) is 7.43. The summed E-state index contributed by atoms with van der Waals surface area (Å²) in [5, 5.41) is 1.12. The number of likely N-dealkylation sites (tertiary alicyclic amines) is 1. The average molecular weight is 358 g/mol. The Morgan fingerprint density at radius 1 is 1.11 bits per heavy atom. The first-order valence-electron chi connectivity index (χ1n) is 9.46. The van der Waals surface area contributed by atoms with Gasteiger partial charge in [0.15, 0.2) is 0 Å². The van der Waals surface area contributed by atoms with E-state index in [-0.39, 0.29) is 11.9 Å². The first kappa shape index (κ1) is 16.1. The molecule has 3 heterocycles. The third-order valence-corrected chi connectivity index (χ3v) is 5.79. The Balaban J connectivity index is 1.50. The number of carbonyl (C=O) groups is 1. The molecule has 5 nitrogen and oxygen atoms in total. The van der Waals surface area contributed by atoms with Gasteiger partial charge in [-0.2, -0.15) is 0 Å². The predicted molar refractivity (Wildman–Crippen MR) is 107 cm³/mol. The number of hydrogen-bond acceptors (Lipinski definition) is 2. The van der Waals surface area contributed by atoms with Crippen LogP contribution in [-0.2, 0) is 0 Å². The molecular formula is C22H22N4O. The number of carbonyl (C=O) groups excluding carboxylic acids is 1. The van der Waals surface area contributed by atoms with Crippen molar-refractivity contribution in [2.45, 2.75) is 32.7 Å². The molecule has 0 bridgehead atoms. The average Bonchev–Trinajstić information content (AvgIpc) is 3.38. The van der Waals surface area contributed by atoms with Crippen LogP contribution >= 0.6 is 0 Å². The quantitative estimate of drug-likeness (QED) is 0.548. The van der Waals surface area contributed by atoms with E-state index in [0.29, 0.717) is 0 Å². The molecule has 1 unspecified atom stereocenters. The van der Waals surface area contributed by atoms with E-state index in [0.717, 1.165) is 58.4 Å². The first-order valence-corrected chi connectivity index (χ1v) is 9.46. The normalized spacial score (nSPS) is 17.3. The van der Waals surface area contributed by atoms with Crippen LogP contribution in [0.25, 0.3) is 21.9 Å². The van der Waals surface area contributed by atoms with Gasteiger partial charge >= 0.3 is 0 Å². The summed E-state index contributed by atoms with van der Waals surface area (Å²) in [5.41, 5.74) is 6.15. The molecule has 0 saturated carbocycles. The number of aryl methyl sites for hydroxylation is 2. The number of aromatic nitrogens is 3. The summed E-state index contributed by atoms with van der Waals surface area (Å²) in [7, 11) is 0. The molecule has 1 atom stereocenters. The van der Waals surface area contributed by atoms with Crippen LogP contribution in [0, 0.1) is 13.8 Å². The van der Waals surface area contributed by atoms with Gasteiger partial charge in [-0.25, -0.2) is 4.98 Å². The van der Waals surface area contributed by atoms with Crippen LogP contribution in [0.4, 0.5) is 0 Å². The number of nitrogens with zero attached hydrogens (tertiary/aromatic N) is 2. The lowest BCUT2D eigenvalue weighted by atomic mass is 10.1. The first-order chi connectivity index (χ1) is 13.1. The summed E-state index contributed by atoms with van der Waals surface area (Å²) in [6, 6.07) is 14.0. The van der Waals surface area contributed by atoms with Crippen molar-refractivity contribution in [1.82, 2.24) is 19.9 Å². The van der Waals surface area contributed by atoms with Gasteiger partial charge in [0, 0.05) is 28.7 Å². The van der Waals surface area contributed by atoms with Crippen molar-refractivity contribution in [3.63, 3.8) is 0 Å². The molecule has 27 heavy (non-hydrogen) atoms. The highest BCUT2D eigenvalue weighted by molar-refractivity contribution is 5.99. The largest absolute Gasteiger partial charge is 0.358 e. The van der Waals surface area contributed by atoms with Crippen LogP contribution in [0.5, 0.6) is 0 Å². The number of nitrogens with one attached hydrogen (secondary N) is 2. The molecule has 2 aromatic carbocycles. The van der Waals surface area contributed by atoms with Crippen LogP contribution in [0.15, 0.2) is 42.5 Å². The fraction of sp³-hybridized carbons (Fsp3) is 0.273. The van der Waals surface area contributed by atoms with E-state index in [1.165, 1.54) is 5.56 Å². The standard InChI is InChI=1S/C22H22N4O/c1-13-14(2)23-17-10-9-15(12-16(13)17)22(27)26-11-5-8-20(26)21-24-18-6-3-4-7-19(18)25-21/h3-4,6-7,9-10,12,20,23H,5,8,11H2,1-2H3,(H,24,25). The predicted octanol–water partition coefficient (Wildman–Crippen LogP) is 4.64. The van der Waals surface area contributed by atoms with Crippen LogP contribution in [-0.4, -0.2) is 32.3 Å². The van der Waals surface area contributed by atoms with Gasteiger partial charge in [0.25, 0.3) is 5.91 Å². The molecule has 0 aliphatic carbocycles. The Morgan fingerprint density at radius 2 is 1.96 bits per heavy atom. The molecule has 2 aromatic heterocycles. The lowest BCUT2D eigenvalue weighted by Gasteiger charge is -2.23. The molecule has 1 aliphatic rings. The molecule has 136 valence electrons. The van der Waals surface area contributed by atoms with E-state index in [1.807, 2.05) is 47.4 Å². The van der Waals surface area contributed by atoms with Crippen molar-refractivity contribution in [2.75, 3.05) is 6.54 Å². The number of H-pyrrole nitrogens is 2. The van der Waals surface area contributed by atoms with Gasteiger partial charge in [-0.3, -0.25) is 4.79 Å². The Kier molecular flexibility index (Phi) is 3.57. The summed E-state index contributed by atoms with van der Waals surface area (Å²) in [6.07, 6.45) is 1.94. The number of rotatable bonds is 2. The molecule has 1 amide bonds. The van der Waals surface area contributed by atoms with Crippen molar-refractivity contribution in [1.29, 1.82) is 0 Å². The molecule has 5 rings (SSSR count). The third kappa shape index (κ3) is 2.53. The topological polar surface area (TPSA) is 64.8 Å². The monoisotopic (exact) mass is 358 g/mol. The molecule has 2 N–H and O–H groups in total. The third-order valence-electron chi connectivity index (χ3n) is 5.79. The van der Waals surface area contributed by atoms with E-state index < -0.39 is 0 Å². The van der Waals surface area contributed by atoms with Gasteiger partial charge in [-0.05, 0) is 62.6 Å². The number of para-hydroxylation sites is 2. The number of hydrogen-bond donors (Lipinski definition) is 2. The Morgan fingerprint density at radius 3 is 2.81 bits per heavy atom. The molecular weight excluding hydrogens is 336 g/mol. The fourth-order valence-electron chi connectivity index (χ4n) is 4.18. The highest BCUT2D eigenvalue weighted by atomic mass is 16.2. The molecule has 1 aliphatic heterocycles. The van der Waals surface area contributed by atoms with Crippen molar-refractivity contribution in [3.05, 3.63) is 65.1 Å². The number of aromatic amines is 2. The van der Waals surface area contributed by atoms with Crippen molar-refractivity contribution in [3.8, 4) is 0 Å². The van der Waals surface area contributed by atoms with Crippen molar-refractivity contribution >= 4 is 27.8 Å². The van der Waals surface area contributed by atoms with E-state index >= 15 is 0 Å². The van der Waals surface area contributed by atoms with Crippen molar-refractivity contribution in [2.24, 2.45) is 0 Å². The molecule has 0 spiro atoms. The second kappa shape index (κ2) is 5.98. The number of fused-ring (bicyclic) bond motifs is 2. The minimum Gasteiger partial charge on any atom is -0.358 e. The highest BCUT2D eigenvalue weighted by Crippen LogP contribution is 2.33. The summed E-state index contributed by atoms with van der Waals surface area (Å²) >= 11 is 0. The number of imidazole rings is 1. The van der Waals surface area contributed by atoms with Gasteiger partial charge < -0.3 is 14.9 Å². The zero-order valence-electron chi connectivity index (χ0n) is 15.5. The summed E-state index contributed by atoms with van der Waals surface area (Å²) in [4.78, 5) is 26.8. The van der Waals surface area contributed by atoms with E-state index in [1.54, 1.807) is 0 Å². The Hall–Kier alpha value is -3.08. The fourth-order valence-corrected chi connectivity index (χ4v) is 4.18. The lowest BCUT2D eigenvalue weighted by molar-refractivity contribution is 0.0730. The van der Waals surface area contributed by atoms with Crippen LogP contribution < -0.4 is 0 Å². The van der Waals surface area contributed by atoms with Gasteiger partial charge in [-0.15, -0.1) is 0 Å². The Labute approximate surface area is 157 Å². The SMILES string of the molecule is Cc1[nH]c2ccc(C(=O)N3CCCC3c3nc4ccccc4[nH]3)cc2c1C. The lowest BCUT2D eigenvalue weighted by Crippen LogP contribution is -2.31. The van der Waals surface area contributed by atoms with Gasteiger partial charge in [-0.1, -0.05) is 12.1 Å². The zero-order valence-corrected chi connectivity index (χ0v) is 15.5. The molecule has 5 heteroatoms. The molecule has 1 saturated heterocycles. The molecule has 0 radical (unpaired) electrons. The molecule has 4 aromatic rings. The van der Waals surface area contributed by atoms with Gasteiger partial charge in [0.05, 0.1) is 17.1 Å². The van der Waals surface area contributed by atoms with E-state index in [2.05, 4.69) is 23.8 Å². The van der Waals surface area contributed by atoms with Gasteiger partial charge in [0.1, 0.15) is 5.82 Å². The van der Waals surface area contributed by atoms with E-state index in [9.17, 15) is 4.79 Å². The maximum Gasteiger partial charge on any atom is 0.254 e. The minimum absolute atomic E-state index is 0.00894.